The van der Waals surface area contributed by atoms with Crippen LogP contribution in [0, 0.1) is 0 Å². The highest BCUT2D eigenvalue weighted by atomic mass is 35.5. The quantitative estimate of drug-likeness (QED) is 0.680. The normalized spacial score (nSPS) is 10.6. The number of hydrogen-bond donors (Lipinski definition) is 1. The molecule has 0 unspecified atom stereocenters. The van der Waals surface area contributed by atoms with Gasteiger partial charge in [0, 0.05) is 11.1 Å². The first-order valence-electron chi connectivity index (χ1n) is 5.18. The zero-order valence-corrected chi connectivity index (χ0v) is 10.4. The number of benzene rings is 1. The Kier molecular flexibility index (Phi) is 4.09. The van der Waals surface area contributed by atoms with Crippen molar-refractivity contribution in [1.29, 1.82) is 0 Å². The van der Waals surface area contributed by atoms with Gasteiger partial charge >= 0.3 is 0 Å². The minimum absolute atomic E-state index is 0.477. The average molecular weight is 263 g/mol. The molecule has 0 aliphatic carbocycles. The lowest BCUT2D eigenvalue weighted by Crippen LogP contribution is -1.96. The molecule has 6 heteroatoms. The van der Waals surface area contributed by atoms with Gasteiger partial charge in [-0.15, -0.1) is 0 Å². The van der Waals surface area contributed by atoms with Gasteiger partial charge in [-0.3, -0.25) is 5.43 Å². The topological polar surface area (TPSA) is 59.4 Å². The molecular weight excluding hydrogens is 252 g/mol. The fourth-order valence-corrected chi connectivity index (χ4v) is 1.47. The summed E-state index contributed by atoms with van der Waals surface area (Å²) < 4.78 is 4.97. The van der Waals surface area contributed by atoms with Crippen LogP contribution in [-0.4, -0.2) is 23.3 Å². The molecule has 0 spiro atoms. The van der Waals surface area contributed by atoms with Gasteiger partial charge in [-0.2, -0.15) is 5.10 Å². The smallest absolute Gasteiger partial charge is 0.218 e. The number of methoxy groups -OCH3 is 1. The van der Waals surface area contributed by atoms with Crippen LogP contribution in [0.25, 0.3) is 0 Å². The molecule has 1 heterocycles. The predicted molar refractivity (Wildman–Crippen MR) is 71.3 cm³/mol. The number of halogens is 1. The maximum absolute atomic E-state index is 5.86. The van der Waals surface area contributed by atoms with E-state index in [0.717, 1.165) is 5.56 Å². The van der Waals surface area contributed by atoms with Crippen LogP contribution in [0.2, 0.25) is 5.02 Å². The van der Waals surface area contributed by atoms with Crippen LogP contribution in [0.4, 0.5) is 5.82 Å². The second-order valence-electron chi connectivity index (χ2n) is 3.37. The van der Waals surface area contributed by atoms with Gasteiger partial charge in [-0.25, -0.2) is 9.97 Å². The van der Waals surface area contributed by atoms with Crippen LogP contribution >= 0.6 is 11.6 Å². The Hall–Kier alpha value is -2.14. The standard InChI is InChI=1S/C12H11ClN4O/c1-18-12-6-11(14-8-15-12)17-16-7-9-3-2-4-10(13)5-9/h2-8H,1H3,(H,14,15,17)/b16-7+. The van der Waals surface area contributed by atoms with Crippen molar-refractivity contribution < 1.29 is 4.74 Å². The van der Waals surface area contributed by atoms with Crippen molar-refractivity contribution in [2.75, 3.05) is 12.5 Å². The molecule has 0 radical (unpaired) electrons. The highest BCUT2D eigenvalue weighted by molar-refractivity contribution is 6.30. The fraction of sp³-hybridized carbons (Fsp3) is 0.0833. The molecule has 18 heavy (non-hydrogen) atoms. The first kappa shape index (κ1) is 12.3. The molecule has 0 aliphatic heterocycles. The second-order valence-corrected chi connectivity index (χ2v) is 3.81. The van der Waals surface area contributed by atoms with Crippen molar-refractivity contribution in [1.82, 2.24) is 9.97 Å². The van der Waals surface area contributed by atoms with Crippen LogP contribution in [0.5, 0.6) is 5.88 Å². The average Bonchev–Trinajstić information content (AvgIpc) is 2.39. The predicted octanol–water partition coefficient (Wildman–Crippen LogP) is 2.58. The number of nitrogens with one attached hydrogen (secondary N) is 1. The van der Waals surface area contributed by atoms with Gasteiger partial charge in [0.05, 0.1) is 13.3 Å². The van der Waals surface area contributed by atoms with E-state index in [-0.39, 0.29) is 0 Å². The van der Waals surface area contributed by atoms with E-state index in [0.29, 0.717) is 16.7 Å². The molecule has 5 nitrogen and oxygen atoms in total. The summed E-state index contributed by atoms with van der Waals surface area (Å²) in [4.78, 5) is 7.89. The Balaban J connectivity index is 2.02. The minimum Gasteiger partial charge on any atom is -0.481 e. The third-order valence-corrected chi connectivity index (χ3v) is 2.33. The Morgan fingerprint density at radius 1 is 1.33 bits per heavy atom. The first-order chi connectivity index (χ1) is 8.78. The van der Waals surface area contributed by atoms with Gasteiger partial charge in [0.1, 0.15) is 6.33 Å². The van der Waals surface area contributed by atoms with Gasteiger partial charge < -0.3 is 4.74 Å². The lowest BCUT2D eigenvalue weighted by Gasteiger charge is -2.01. The summed E-state index contributed by atoms with van der Waals surface area (Å²) in [7, 11) is 1.54. The summed E-state index contributed by atoms with van der Waals surface area (Å²) in [6.45, 7) is 0. The van der Waals surface area contributed by atoms with E-state index in [1.165, 1.54) is 6.33 Å². The van der Waals surface area contributed by atoms with Crippen LogP contribution in [0.1, 0.15) is 5.56 Å². The number of ether oxygens (including phenoxy) is 1. The molecule has 0 aliphatic rings. The van der Waals surface area contributed by atoms with Crippen molar-refractivity contribution in [3.05, 3.63) is 47.2 Å². The summed E-state index contributed by atoms with van der Waals surface area (Å²) >= 11 is 5.86. The molecule has 0 saturated heterocycles. The Labute approximate surface area is 109 Å². The van der Waals surface area contributed by atoms with Crippen molar-refractivity contribution in [3.8, 4) is 5.88 Å². The summed E-state index contributed by atoms with van der Waals surface area (Å²) in [5, 5.41) is 4.72. The molecule has 1 N–H and O–H groups in total. The molecule has 0 bridgehead atoms. The number of rotatable bonds is 4. The van der Waals surface area contributed by atoms with Crippen molar-refractivity contribution in [2.24, 2.45) is 5.10 Å². The van der Waals surface area contributed by atoms with Gasteiger partial charge in [0.15, 0.2) is 5.82 Å². The van der Waals surface area contributed by atoms with Crippen molar-refractivity contribution >= 4 is 23.6 Å². The van der Waals surface area contributed by atoms with E-state index in [1.807, 2.05) is 24.3 Å². The third kappa shape index (κ3) is 3.43. The molecule has 0 fully saturated rings. The molecule has 1 aromatic heterocycles. The van der Waals surface area contributed by atoms with Crippen LogP contribution < -0.4 is 10.2 Å². The van der Waals surface area contributed by atoms with Crippen molar-refractivity contribution in [2.45, 2.75) is 0 Å². The maximum Gasteiger partial charge on any atom is 0.218 e. The maximum atomic E-state index is 5.86. The zero-order valence-electron chi connectivity index (χ0n) is 9.67. The monoisotopic (exact) mass is 262 g/mol. The van der Waals surface area contributed by atoms with Crippen LogP contribution in [0.15, 0.2) is 41.8 Å². The molecule has 0 atom stereocenters. The molecule has 0 saturated carbocycles. The number of nitrogens with zero attached hydrogens (tertiary/aromatic N) is 3. The molecule has 1 aromatic carbocycles. The van der Waals surface area contributed by atoms with E-state index >= 15 is 0 Å². The Morgan fingerprint density at radius 2 is 2.22 bits per heavy atom. The van der Waals surface area contributed by atoms with Gasteiger partial charge in [0.2, 0.25) is 5.88 Å². The Morgan fingerprint density at radius 3 is 3.00 bits per heavy atom. The van der Waals surface area contributed by atoms with E-state index in [1.54, 1.807) is 19.4 Å². The van der Waals surface area contributed by atoms with E-state index in [4.69, 9.17) is 16.3 Å². The molecule has 92 valence electrons. The number of hydrogen-bond acceptors (Lipinski definition) is 5. The summed E-state index contributed by atoms with van der Waals surface area (Å²) in [5.74, 6) is 1.03. The van der Waals surface area contributed by atoms with Gasteiger partial charge in [-0.05, 0) is 17.7 Å². The van der Waals surface area contributed by atoms with Crippen LogP contribution in [-0.2, 0) is 0 Å². The van der Waals surface area contributed by atoms with E-state index in [2.05, 4.69) is 20.5 Å². The molecule has 2 rings (SSSR count). The lowest BCUT2D eigenvalue weighted by molar-refractivity contribution is 0.397. The van der Waals surface area contributed by atoms with Gasteiger partial charge in [0.25, 0.3) is 0 Å². The number of hydrazone groups is 1. The SMILES string of the molecule is COc1cc(N/N=C/c2cccc(Cl)c2)ncn1. The minimum atomic E-state index is 0.477. The lowest BCUT2D eigenvalue weighted by atomic mass is 10.2. The van der Waals surface area contributed by atoms with Crippen LogP contribution in [0.3, 0.4) is 0 Å². The highest BCUT2D eigenvalue weighted by Gasteiger charge is 1.96. The van der Waals surface area contributed by atoms with Crippen molar-refractivity contribution in [3.63, 3.8) is 0 Å². The summed E-state index contributed by atoms with van der Waals surface area (Å²) in [6.07, 6.45) is 3.05. The zero-order chi connectivity index (χ0) is 12.8. The third-order valence-electron chi connectivity index (χ3n) is 2.09. The summed E-state index contributed by atoms with van der Waals surface area (Å²) in [6, 6.07) is 9.03. The molecule has 2 aromatic rings. The first-order valence-corrected chi connectivity index (χ1v) is 5.56. The molecular formula is C12H11ClN4O. The van der Waals surface area contributed by atoms with E-state index < -0.39 is 0 Å². The largest absolute Gasteiger partial charge is 0.481 e. The number of anilines is 1. The fourth-order valence-electron chi connectivity index (χ4n) is 1.27. The van der Waals surface area contributed by atoms with Gasteiger partial charge in [-0.1, -0.05) is 23.7 Å². The highest BCUT2D eigenvalue weighted by Crippen LogP contribution is 2.11. The summed E-state index contributed by atoms with van der Waals surface area (Å²) in [5.41, 5.74) is 3.68. The second kappa shape index (κ2) is 5.97. The molecule has 0 amide bonds. The Bertz CT molecular complexity index is 559. The van der Waals surface area contributed by atoms with E-state index in [9.17, 15) is 0 Å². The number of aromatic nitrogens is 2.